The van der Waals surface area contributed by atoms with Crippen molar-refractivity contribution in [3.63, 3.8) is 0 Å². The lowest BCUT2D eigenvalue weighted by Crippen LogP contribution is -2.15. The van der Waals surface area contributed by atoms with Gasteiger partial charge in [0.05, 0.1) is 12.1 Å². The molecule has 0 saturated carbocycles. The quantitative estimate of drug-likeness (QED) is 0.110. The second-order valence-corrected chi connectivity index (χ2v) is 15.4. The molecule has 56 heavy (non-hydrogen) atoms. The first-order chi connectivity index (χ1) is 27.5. The third-order valence-electron chi connectivity index (χ3n) is 11.8. The van der Waals surface area contributed by atoms with Crippen molar-refractivity contribution >= 4 is 22.5 Å². The van der Waals surface area contributed by atoms with Gasteiger partial charge in [-0.2, -0.15) is 0 Å². The average molecular weight is 726 g/mol. The lowest BCUT2D eigenvalue weighted by Gasteiger charge is -2.25. The largest absolute Gasteiger partial charge is 0.313 e. The molecule has 9 rings (SSSR count). The summed E-state index contributed by atoms with van der Waals surface area (Å²) in [6.07, 6.45) is 13.9. The molecule has 0 spiro atoms. The maximum atomic E-state index is 5.31. The number of aryl methyl sites for hydroxylation is 1. The smallest absolute Gasteiger partial charge is 0.155 e. The van der Waals surface area contributed by atoms with Crippen molar-refractivity contribution in [2.75, 3.05) is 0 Å². The lowest BCUT2D eigenvalue weighted by molar-refractivity contribution is 0.572. The molecule has 0 N–H and O–H groups in total. The summed E-state index contributed by atoms with van der Waals surface area (Å²) in [4.78, 5) is 10.5. The molecular weight excluding hydrogens is 679 g/mol. The summed E-state index contributed by atoms with van der Waals surface area (Å²) in [5, 5.41) is 1.38. The molecule has 3 heteroatoms. The highest BCUT2D eigenvalue weighted by molar-refractivity contribution is 6.12. The van der Waals surface area contributed by atoms with Gasteiger partial charge in [0.15, 0.2) is 5.84 Å². The van der Waals surface area contributed by atoms with Gasteiger partial charge in [-0.3, -0.25) is 4.99 Å². The fourth-order valence-corrected chi connectivity index (χ4v) is 8.96. The Bertz CT molecular complexity index is 2660. The van der Waals surface area contributed by atoms with Gasteiger partial charge in [-0.05, 0) is 126 Å². The zero-order valence-corrected chi connectivity index (χ0v) is 32.4. The van der Waals surface area contributed by atoms with Crippen LogP contribution >= 0.6 is 0 Å². The van der Waals surface area contributed by atoms with Crippen LogP contribution in [0.5, 0.6) is 0 Å². The van der Waals surface area contributed by atoms with Crippen LogP contribution in [0.25, 0.3) is 27.7 Å². The summed E-state index contributed by atoms with van der Waals surface area (Å²) >= 11 is 0. The van der Waals surface area contributed by atoms with Crippen molar-refractivity contribution in [1.82, 2.24) is 4.57 Å². The van der Waals surface area contributed by atoms with E-state index in [0.717, 1.165) is 53.9 Å². The number of fused-ring (bicyclic) bond motifs is 3. The van der Waals surface area contributed by atoms with E-state index in [9.17, 15) is 0 Å². The fourth-order valence-electron chi connectivity index (χ4n) is 8.96. The van der Waals surface area contributed by atoms with Crippen molar-refractivity contribution < 1.29 is 0 Å². The van der Waals surface area contributed by atoms with Gasteiger partial charge in [-0.1, -0.05) is 146 Å². The van der Waals surface area contributed by atoms with E-state index in [4.69, 9.17) is 9.98 Å². The molecule has 0 aliphatic heterocycles. The first kappa shape index (κ1) is 35.4. The SMILES string of the molecule is C=CC1=C(C)CC2=C1C=CCC(C(C)=NC(=NCc1ccccc1)c1cccc(-c3cccc(-n4c5c(c6ccccc64)CCC(c4ccccc4)C5)c3)c1)=C2. The minimum atomic E-state index is 0.511. The van der Waals surface area contributed by atoms with Crippen LogP contribution in [0, 0.1) is 0 Å². The standard InChI is InChI=1S/C53H47N3/c1-4-47-36(2)30-45-31-40(20-15-26-48(45)47)37(3)55-53(54-35-38-16-7-5-8-17-38)44-23-13-21-41(32-44)42-22-14-24-46(33-42)56-51-27-12-11-25-49(51)50-29-28-43(34-52(50)56)39-18-9-6-10-19-39/h4-19,21-27,31-33,43H,1,20,28-30,34-35H2,2-3H3. The molecule has 0 fully saturated rings. The average Bonchev–Trinajstić information content (AvgIpc) is 3.65. The van der Waals surface area contributed by atoms with Gasteiger partial charge in [0.1, 0.15) is 0 Å². The molecule has 3 nitrogen and oxygen atoms in total. The first-order valence-corrected chi connectivity index (χ1v) is 20.0. The van der Waals surface area contributed by atoms with Crippen LogP contribution in [-0.4, -0.2) is 16.1 Å². The number of hydrogen-bond acceptors (Lipinski definition) is 1. The molecule has 1 aromatic heterocycles. The summed E-state index contributed by atoms with van der Waals surface area (Å²) in [6, 6.07) is 48.3. The van der Waals surface area contributed by atoms with E-state index >= 15 is 0 Å². The van der Waals surface area contributed by atoms with Crippen LogP contribution < -0.4 is 0 Å². The number of para-hydroxylation sites is 1. The Labute approximate surface area is 331 Å². The zero-order valence-electron chi connectivity index (χ0n) is 32.4. The van der Waals surface area contributed by atoms with Crippen molar-refractivity contribution in [3.8, 4) is 16.8 Å². The van der Waals surface area contributed by atoms with Gasteiger partial charge in [0, 0.05) is 28.0 Å². The molecule has 0 radical (unpaired) electrons. The Balaban J connectivity index is 1.09. The van der Waals surface area contributed by atoms with Crippen LogP contribution in [-0.2, 0) is 19.4 Å². The fraction of sp³-hybridized carbons (Fsp3) is 0.170. The predicted octanol–water partition coefficient (Wildman–Crippen LogP) is 13.1. The normalized spacial score (nSPS) is 17.2. The Hall–Kier alpha value is -6.32. The molecule has 1 atom stereocenters. The number of nitrogens with zero attached hydrogens (tertiary/aromatic N) is 3. The number of amidine groups is 1. The molecule has 5 aromatic carbocycles. The number of hydrogen-bond donors (Lipinski definition) is 0. The molecule has 1 heterocycles. The van der Waals surface area contributed by atoms with Crippen molar-refractivity contribution in [3.05, 3.63) is 220 Å². The molecular formula is C53H47N3. The zero-order chi connectivity index (χ0) is 38.0. The minimum Gasteiger partial charge on any atom is -0.313 e. The van der Waals surface area contributed by atoms with Gasteiger partial charge < -0.3 is 4.57 Å². The topological polar surface area (TPSA) is 29.6 Å². The highest BCUT2D eigenvalue weighted by Gasteiger charge is 2.27. The number of allylic oxidation sites excluding steroid dienone is 9. The van der Waals surface area contributed by atoms with Crippen LogP contribution in [0.3, 0.4) is 0 Å². The van der Waals surface area contributed by atoms with Gasteiger partial charge >= 0.3 is 0 Å². The summed E-state index contributed by atoms with van der Waals surface area (Å²) in [5.41, 5.74) is 18.8. The van der Waals surface area contributed by atoms with Gasteiger partial charge in [0.25, 0.3) is 0 Å². The monoisotopic (exact) mass is 725 g/mol. The predicted molar refractivity (Wildman–Crippen MR) is 236 cm³/mol. The van der Waals surface area contributed by atoms with Crippen LogP contribution in [0.4, 0.5) is 0 Å². The van der Waals surface area contributed by atoms with Gasteiger partial charge in [-0.25, -0.2) is 4.99 Å². The van der Waals surface area contributed by atoms with E-state index < -0.39 is 0 Å². The minimum absolute atomic E-state index is 0.511. The van der Waals surface area contributed by atoms with Crippen LogP contribution in [0.2, 0.25) is 0 Å². The second kappa shape index (κ2) is 15.4. The maximum absolute atomic E-state index is 5.31. The highest BCUT2D eigenvalue weighted by Crippen LogP contribution is 2.41. The highest BCUT2D eigenvalue weighted by atomic mass is 15.0. The molecule has 0 amide bonds. The molecule has 3 aliphatic rings. The Morgan fingerprint density at radius 1 is 0.839 bits per heavy atom. The molecule has 0 bridgehead atoms. The summed E-state index contributed by atoms with van der Waals surface area (Å²) in [6.45, 7) is 8.99. The van der Waals surface area contributed by atoms with Gasteiger partial charge in [-0.15, -0.1) is 0 Å². The number of aromatic nitrogens is 1. The Morgan fingerprint density at radius 2 is 1.59 bits per heavy atom. The summed E-state index contributed by atoms with van der Waals surface area (Å²) in [5.74, 6) is 1.26. The van der Waals surface area contributed by atoms with E-state index in [1.54, 1.807) is 0 Å². The Kier molecular flexibility index (Phi) is 9.75. The third-order valence-corrected chi connectivity index (χ3v) is 11.8. The van der Waals surface area contributed by atoms with Crippen molar-refractivity contribution in [2.24, 2.45) is 9.98 Å². The molecule has 274 valence electrons. The van der Waals surface area contributed by atoms with Crippen LogP contribution in [0.15, 0.2) is 202 Å². The van der Waals surface area contributed by atoms with E-state index in [0.29, 0.717) is 12.5 Å². The van der Waals surface area contributed by atoms with Crippen molar-refractivity contribution in [2.45, 2.75) is 58.4 Å². The van der Waals surface area contributed by atoms with E-state index in [2.05, 4.69) is 171 Å². The molecule has 3 aliphatic carbocycles. The maximum Gasteiger partial charge on any atom is 0.155 e. The summed E-state index contributed by atoms with van der Waals surface area (Å²) in [7, 11) is 0. The van der Waals surface area contributed by atoms with Crippen molar-refractivity contribution in [1.29, 1.82) is 0 Å². The van der Waals surface area contributed by atoms with E-state index in [-0.39, 0.29) is 0 Å². The van der Waals surface area contributed by atoms with E-state index in [1.807, 2.05) is 12.1 Å². The van der Waals surface area contributed by atoms with Gasteiger partial charge in [0.2, 0.25) is 0 Å². The third kappa shape index (κ3) is 6.90. The second-order valence-electron chi connectivity index (χ2n) is 15.4. The van der Waals surface area contributed by atoms with Crippen LogP contribution in [0.1, 0.15) is 67.0 Å². The first-order valence-electron chi connectivity index (χ1n) is 20.0. The molecule has 1 unspecified atom stereocenters. The number of rotatable bonds is 8. The number of benzene rings is 5. The van der Waals surface area contributed by atoms with E-state index in [1.165, 1.54) is 73.3 Å². The summed E-state index contributed by atoms with van der Waals surface area (Å²) < 4.78 is 2.53. The number of aliphatic imine (C=N–C) groups is 2. The Morgan fingerprint density at radius 3 is 2.41 bits per heavy atom. The lowest BCUT2D eigenvalue weighted by atomic mass is 9.82. The molecule has 6 aromatic rings. The molecule has 0 saturated heterocycles.